The Balaban J connectivity index is 1.77. The highest BCUT2D eigenvalue weighted by Gasteiger charge is 2.50. The van der Waals surface area contributed by atoms with E-state index in [0.717, 1.165) is 35.2 Å². The molecule has 6 nitrogen and oxygen atoms in total. The van der Waals surface area contributed by atoms with Crippen molar-refractivity contribution in [2.45, 2.75) is 30.8 Å². The van der Waals surface area contributed by atoms with Crippen molar-refractivity contribution in [1.29, 1.82) is 0 Å². The highest BCUT2D eigenvalue weighted by atomic mass is 32.2. The van der Waals surface area contributed by atoms with E-state index in [2.05, 4.69) is 0 Å². The average molecular weight is 458 g/mol. The van der Waals surface area contributed by atoms with Crippen molar-refractivity contribution in [2.24, 2.45) is 0 Å². The lowest BCUT2D eigenvalue weighted by molar-refractivity contribution is -0.138. The Kier molecular flexibility index (Phi) is 5.83. The minimum Gasteiger partial charge on any atom is -0.324 e. The molecule has 0 spiro atoms. The first-order valence-corrected chi connectivity index (χ1v) is 10.8. The van der Waals surface area contributed by atoms with Crippen molar-refractivity contribution in [3.63, 3.8) is 0 Å². The van der Waals surface area contributed by atoms with E-state index in [4.69, 9.17) is 0 Å². The second-order valence-corrected chi connectivity index (χ2v) is 9.06. The van der Waals surface area contributed by atoms with Crippen LogP contribution in [-0.4, -0.2) is 37.2 Å². The first-order valence-electron chi connectivity index (χ1n) is 9.11. The highest BCUT2D eigenvalue weighted by molar-refractivity contribution is 7.89. The summed E-state index contributed by atoms with van der Waals surface area (Å²) in [5, 5.41) is 0. The Morgan fingerprint density at radius 3 is 2.39 bits per heavy atom. The van der Waals surface area contributed by atoms with Crippen LogP contribution in [-0.2, 0) is 26.7 Å². The van der Waals surface area contributed by atoms with Gasteiger partial charge in [0.15, 0.2) is 0 Å². The number of sulfonamides is 1. The van der Waals surface area contributed by atoms with Crippen molar-refractivity contribution in [1.82, 2.24) is 9.62 Å². The zero-order valence-electron chi connectivity index (χ0n) is 16.2. The summed E-state index contributed by atoms with van der Waals surface area (Å²) >= 11 is 0. The van der Waals surface area contributed by atoms with Gasteiger partial charge in [-0.25, -0.2) is 12.8 Å². The minimum absolute atomic E-state index is 0.0133. The molecular weight excluding hydrogens is 440 g/mol. The molecule has 31 heavy (non-hydrogen) atoms. The maximum Gasteiger partial charge on any atom is 0.416 e. The summed E-state index contributed by atoms with van der Waals surface area (Å²) in [6, 6.07) is 8.96. The molecule has 0 aromatic heterocycles. The highest BCUT2D eigenvalue weighted by Crippen LogP contribution is 2.34. The number of hydrogen-bond acceptors (Lipinski definition) is 4. The molecule has 1 N–H and O–H groups in total. The molecule has 1 atom stereocenters. The van der Waals surface area contributed by atoms with Gasteiger partial charge in [-0.1, -0.05) is 24.3 Å². The number of alkyl halides is 3. The number of carbonyl (C=O) groups excluding carboxylic acids is 2. The Morgan fingerprint density at radius 1 is 1.13 bits per heavy atom. The van der Waals surface area contributed by atoms with Gasteiger partial charge in [0.2, 0.25) is 10.0 Å². The molecule has 1 heterocycles. The van der Waals surface area contributed by atoms with Crippen LogP contribution in [0.4, 0.5) is 17.6 Å². The number of nitrogens with one attached hydrogen (secondary N) is 1. The van der Waals surface area contributed by atoms with Gasteiger partial charge in [0.05, 0.1) is 11.3 Å². The van der Waals surface area contributed by atoms with Gasteiger partial charge in [-0.05, 0) is 43.2 Å². The lowest BCUT2D eigenvalue weighted by Crippen LogP contribution is -2.67. The summed E-state index contributed by atoms with van der Waals surface area (Å²) in [6.07, 6.45) is -4.63. The van der Waals surface area contributed by atoms with Gasteiger partial charge in [0, 0.05) is 12.1 Å². The van der Waals surface area contributed by atoms with E-state index in [9.17, 15) is 35.6 Å². The van der Waals surface area contributed by atoms with E-state index in [1.165, 1.54) is 25.1 Å². The average Bonchev–Trinajstić information content (AvgIpc) is 2.65. The second kappa shape index (κ2) is 7.95. The monoisotopic (exact) mass is 458 g/mol. The van der Waals surface area contributed by atoms with Crippen molar-refractivity contribution < 1.29 is 35.6 Å². The molecule has 2 aromatic rings. The number of rotatable bonds is 5. The topological polar surface area (TPSA) is 83.6 Å². The third-order valence-corrected chi connectivity index (χ3v) is 6.33. The number of likely N-dealkylation sites (tertiary alicyclic amines) is 1. The number of amides is 2. The molecular formula is C20H18F4N2O4S. The molecule has 166 valence electrons. The summed E-state index contributed by atoms with van der Waals surface area (Å²) in [4.78, 5) is 26.4. The third-order valence-electron chi connectivity index (χ3n) is 5.14. The van der Waals surface area contributed by atoms with Crippen LogP contribution in [0.1, 0.15) is 34.8 Å². The Labute approximate surface area is 175 Å². The Bertz CT molecular complexity index is 1130. The number of nitrogens with zero attached hydrogens (tertiary/aromatic N) is 1. The van der Waals surface area contributed by atoms with E-state index in [0.29, 0.717) is 0 Å². The summed E-state index contributed by atoms with van der Waals surface area (Å²) in [7, 11) is -4.49. The summed E-state index contributed by atoms with van der Waals surface area (Å²) in [6.45, 7) is 1.47. The first-order chi connectivity index (χ1) is 14.3. The molecule has 0 saturated carbocycles. The predicted molar refractivity (Wildman–Crippen MR) is 103 cm³/mol. The summed E-state index contributed by atoms with van der Waals surface area (Å²) in [5.74, 6) is -3.43. The zero-order chi connectivity index (χ0) is 23.0. The van der Waals surface area contributed by atoms with Crippen molar-refractivity contribution >= 4 is 21.8 Å². The van der Waals surface area contributed by atoms with Crippen LogP contribution in [0, 0.1) is 5.82 Å². The van der Waals surface area contributed by atoms with Crippen molar-refractivity contribution in [2.75, 3.05) is 6.54 Å². The largest absolute Gasteiger partial charge is 0.416 e. The van der Waals surface area contributed by atoms with E-state index in [1.807, 2.05) is 0 Å². The molecule has 2 aromatic carbocycles. The first kappa shape index (κ1) is 22.7. The van der Waals surface area contributed by atoms with E-state index < -0.39 is 56.2 Å². The third kappa shape index (κ3) is 4.71. The van der Waals surface area contributed by atoms with Crippen LogP contribution in [0.5, 0.6) is 0 Å². The van der Waals surface area contributed by atoms with Gasteiger partial charge in [0.1, 0.15) is 11.4 Å². The molecule has 1 aliphatic rings. The van der Waals surface area contributed by atoms with Crippen LogP contribution in [0.2, 0.25) is 0 Å². The molecule has 3 rings (SSSR count). The standard InChI is InChI=1S/C20H18F4N2O4S/c1-19(9-10-26(19)17(27)13-6-4-7-15(21)11-13)18(28)25-31(29,30)12-14-5-2-3-8-16(14)20(22,23)24/h2-8,11H,9-10,12H2,1H3,(H,25,28). The molecule has 0 bridgehead atoms. The number of hydrogen-bond donors (Lipinski definition) is 1. The van der Waals surface area contributed by atoms with E-state index in [1.54, 1.807) is 4.72 Å². The fraction of sp³-hybridized carbons (Fsp3) is 0.300. The zero-order valence-corrected chi connectivity index (χ0v) is 17.1. The lowest BCUT2D eigenvalue weighted by atomic mass is 9.85. The Hall–Kier alpha value is -2.95. The van der Waals surface area contributed by atoms with Gasteiger partial charge in [-0.15, -0.1) is 0 Å². The van der Waals surface area contributed by atoms with Crippen LogP contribution >= 0.6 is 0 Å². The van der Waals surface area contributed by atoms with Crippen LogP contribution < -0.4 is 4.72 Å². The molecule has 0 radical (unpaired) electrons. The second-order valence-electron chi connectivity index (χ2n) is 7.34. The summed E-state index contributed by atoms with van der Waals surface area (Å²) in [5.41, 5.74) is -3.19. The SMILES string of the molecule is CC1(C(=O)NS(=O)(=O)Cc2ccccc2C(F)(F)F)CCN1C(=O)c1cccc(F)c1. The number of halogens is 4. The molecule has 2 amide bonds. The maximum atomic E-state index is 13.4. The number of carbonyl (C=O) groups is 2. The van der Waals surface area contributed by atoms with Gasteiger partial charge in [-0.2, -0.15) is 13.2 Å². The molecule has 1 fully saturated rings. The lowest BCUT2D eigenvalue weighted by Gasteiger charge is -2.48. The van der Waals surface area contributed by atoms with Crippen molar-refractivity contribution in [3.05, 3.63) is 71.0 Å². The molecule has 1 aliphatic heterocycles. The summed E-state index contributed by atoms with van der Waals surface area (Å²) < 4.78 is 79.3. The van der Waals surface area contributed by atoms with Crippen LogP contribution in [0.25, 0.3) is 0 Å². The van der Waals surface area contributed by atoms with Crippen LogP contribution in [0.3, 0.4) is 0 Å². The van der Waals surface area contributed by atoms with Crippen molar-refractivity contribution in [3.8, 4) is 0 Å². The van der Waals surface area contributed by atoms with Gasteiger partial charge in [-0.3, -0.25) is 14.3 Å². The maximum absolute atomic E-state index is 13.4. The van der Waals surface area contributed by atoms with E-state index >= 15 is 0 Å². The van der Waals surface area contributed by atoms with E-state index in [-0.39, 0.29) is 18.5 Å². The smallest absolute Gasteiger partial charge is 0.324 e. The minimum atomic E-state index is -4.76. The number of benzene rings is 2. The molecule has 11 heteroatoms. The van der Waals surface area contributed by atoms with Gasteiger partial charge < -0.3 is 4.90 Å². The van der Waals surface area contributed by atoms with Crippen LogP contribution in [0.15, 0.2) is 48.5 Å². The molecule has 1 saturated heterocycles. The predicted octanol–water partition coefficient (Wildman–Crippen LogP) is 3.10. The molecule has 1 unspecified atom stereocenters. The van der Waals surface area contributed by atoms with Gasteiger partial charge >= 0.3 is 6.18 Å². The van der Waals surface area contributed by atoms with Gasteiger partial charge in [0.25, 0.3) is 11.8 Å². The molecule has 0 aliphatic carbocycles. The fourth-order valence-electron chi connectivity index (χ4n) is 3.31. The quantitative estimate of drug-likeness (QED) is 0.698. The normalized spacial score (nSPS) is 18.9. The fourth-order valence-corrected chi connectivity index (χ4v) is 4.55. The Morgan fingerprint density at radius 2 is 1.81 bits per heavy atom.